The van der Waals surface area contributed by atoms with Crippen molar-refractivity contribution < 1.29 is 27.8 Å². The monoisotopic (exact) mass is 712 g/mol. The van der Waals surface area contributed by atoms with Crippen LogP contribution in [-0.2, 0) is 0 Å². The highest BCUT2D eigenvalue weighted by Crippen LogP contribution is 2.35. The molecule has 3 aromatic carbocycles. The number of nitrogens with one attached hydrogen (secondary N) is 1. The van der Waals surface area contributed by atoms with Crippen LogP contribution in [0.3, 0.4) is 0 Å². The van der Waals surface area contributed by atoms with Gasteiger partial charge >= 0.3 is 18.1 Å². The van der Waals surface area contributed by atoms with Crippen molar-refractivity contribution in [3.63, 3.8) is 0 Å². The number of rotatable bonds is 3. The van der Waals surface area contributed by atoms with Crippen molar-refractivity contribution in [3.05, 3.63) is 84.6 Å². The minimum atomic E-state index is -4.92. The summed E-state index contributed by atoms with van der Waals surface area (Å²) >= 11 is 12.3. The van der Waals surface area contributed by atoms with Gasteiger partial charge in [0.2, 0.25) is 0 Å². The molecule has 0 atom stereocenters. The fourth-order valence-corrected chi connectivity index (χ4v) is 4.93. The number of H-pyrrole nitrogens is 1. The van der Waals surface area contributed by atoms with E-state index in [0.717, 1.165) is 15.5 Å². The molecule has 2 N–H and O–H groups in total. The topological polar surface area (TPSA) is 137 Å². The van der Waals surface area contributed by atoms with Crippen LogP contribution in [0.25, 0.3) is 27.9 Å². The minimum Gasteiger partial charge on any atom is -0.465 e. The van der Waals surface area contributed by atoms with Gasteiger partial charge in [-0.2, -0.15) is 9.78 Å². The number of ether oxygens (including phenoxy) is 1. The Balaban J connectivity index is 0.000000234. The Labute approximate surface area is 249 Å². The second-order valence-corrected chi connectivity index (χ2v) is 10.2. The van der Waals surface area contributed by atoms with Gasteiger partial charge in [-0.1, -0.05) is 23.7 Å². The number of fused-ring (bicyclic) bond motifs is 3. The Morgan fingerprint density at radius 3 is 2.51 bits per heavy atom. The zero-order valence-corrected chi connectivity index (χ0v) is 24.3. The maximum absolute atomic E-state index is 12.7. The van der Waals surface area contributed by atoms with E-state index in [1.807, 2.05) is 6.07 Å². The van der Waals surface area contributed by atoms with E-state index >= 15 is 0 Å². The van der Waals surface area contributed by atoms with E-state index in [1.54, 1.807) is 36.4 Å². The van der Waals surface area contributed by atoms with Crippen LogP contribution >= 0.6 is 43.5 Å². The number of anilines is 1. The highest BCUT2D eigenvalue weighted by atomic mass is 79.9. The number of para-hydroxylation sites is 2. The molecule has 2 aromatic heterocycles. The summed E-state index contributed by atoms with van der Waals surface area (Å²) in [4.78, 5) is 30.9. The van der Waals surface area contributed by atoms with Gasteiger partial charge in [-0.3, -0.25) is 4.90 Å². The lowest BCUT2D eigenvalue weighted by atomic mass is 10.2. The molecule has 0 aliphatic carbocycles. The van der Waals surface area contributed by atoms with Crippen molar-refractivity contribution in [3.8, 4) is 23.2 Å². The number of aromatic amines is 1. The van der Waals surface area contributed by atoms with Crippen LogP contribution in [0.15, 0.2) is 68.3 Å². The van der Waals surface area contributed by atoms with E-state index in [2.05, 4.69) is 51.7 Å². The minimum absolute atomic E-state index is 0.0500. The number of halogens is 6. The summed E-state index contributed by atoms with van der Waals surface area (Å²) in [6.07, 6.45) is -6.03. The van der Waals surface area contributed by atoms with Crippen LogP contribution in [0, 0.1) is 11.3 Å². The van der Waals surface area contributed by atoms with E-state index < -0.39 is 23.9 Å². The van der Waals surface area contributed by atoms with Crippen molar-refractivity contribution in [2.75, 3.05) is 11.9 Å². The number of nitrogens with zero attached hydrogens (tertiary/aromatic N) is 5. The van der Waals surface area contributed by atoms with Gasteiger partial charge in [0.15, 0.2) is 11.5 Å². The second kappa shape index (κ2) is 11.8. The van der Waals surface area contributed by atoms with Crippen LogP contribution in [0.4, 0.5) is 23.7 Å². The molecule has 1 amide bonds. The Bertz CT molecular complexity index is 1910. The van der Waals surface area contributed by atoms with E-state index in [-0.39, 0.29) is 22.1 Å². The first-order chi connectivity index (χ1) is 19.3. The number of hydrogen-bond acceptors (Lipinski definition) is 6. The van der Waals surface area contributed by atoms with E-state index in [0.29, 0.717) is 31.1 Å². The number of nitriles is 1. The summed E-state index contributed by atoms with van der Waals surface area (Å²) in [5, 5.41) is 22.2. The highest BCUT2D eigenvalue weighted by molar-refractivity contribution is 9.11. The molecule has 210 valence electrons. The fourth-order valence-electron chi connectivity index (χ4n) is 3.67. The van der Waals surface area contributed by atoms with Gasteiger partial charge in [0, 0.05) is 26.4 Å². The van der Waals surface area contributed by atoms with Crippen LogP contribution in [0.5, 0.6) is 5.75 Å². The van der Waals surface area contributed by atoms with Gasteiger partial charge in [0.05, 0.1) is 22.3 Å². The maximum atomic E-state index is 12.7. The molecule has 0 saturated heterocycles. The summed E-state index contributed by atoms with van der Waals surface area (Å²) < 4.78 is 44.4. The second-order valence-electron chi connectivity index (χ2n) is 8.04. The van der Waals surface area contributed by atoms with Gasteiger partial charge in [0.25, 0.3) is 0 Å². The van der Waals surface area contributed by atoms with E-state index in [4.69, 9.17) is 22.0 Å². The summed E-state index contributed by atoms with van der Waals surface area (Å²) in [5.41, 5.74) is 0.736. The van der Waals surface area contributed by atoms with E-state index in [9.17, 15) is 22.8 Å². The van der Waals surface area contributed by atoms with E-state index in [1.165, 1.54) is 19.2 Å². The summed E-state index contributed by atoms with van der Waals surface area (Å²) in [6, 6.07) is 15.7. The van der Waals surface area contributed by atoms with Gasteiger partial charge < -0.3 is 14.8 Å². The van der Waals surface area contributed by atoms with Gasteiger partial charge in [-0.15, -0.1) is 18.3 Å². The lowest BCUT2D eigenvalue weighted by Gasteiger charge is -2.15. The number of carbonyl (C=O) groups is 1. The molecule has 10 nitrogen and oxygen atoms in total. The molecule has 0 aliphatic heterocycles. The van der Waals surface area contributed by atoms with Crippen LogP contribution in [0.1, 0.15) is 5.56 Å². The normalized spacial score (nSPS) is 11.1. The largest absolute Gasteiger partial charge is 0.573 e. The summed E-state index contributed by atoms with van der Waals surface area (Å²) in [6.45, 7) is 0. The molecular formula is C25H14Br2ClF3N6O4. The fraction of sp³-hybridized carbons (Fsp3) is 0.0800. The van der Waals surface area contributed by atoms with Gasteiger partial charge in [-0.05, 0) is 74.3 Å². The maximum Gasteiger partial charge on any atom is 0.573 e. The molecule has 0 fully saturated rings. The zero-order valence-electron chi connectivity index (χ0n) is 20.4. The summed E-state index contributed by atoms with van der Waals surface area (Å²) in [7, 11) is 1.39. The Hall–Kier alpha value is -4.13. The first kappa shape index (κ1) is 29.8. The molecule has 5 aromatic rings. The SMILES string of the molecule is CN(C(=O)O)c1c(Br)cccc1C#N.O=c1[nH]c2c(Br)cccc2c2nc(-c3ccc(Cl)cc3OC(F)(F)F)nn12. The van der Waals surface area contributed by atoms with Gasteiger partial charge in [0.1, 0.15) is 11.8 Å². The number of hydrogen-bond donors (Lipinski definition) is 2. The third-order valence-electron chi connectivity index (χ3n) is 5.43. The highest BCUT2D eigenvalue weighted by Gasteiger charge is 2.33. The number of amides is 1. The van der Waals surface area contributed by atoms with Crippen molar-refractivity contribution in [2.45, 2.75) is 6.36 Å². The molecule has 5 rings (SSSR count). The van der Waals surface area contributed by atoms with Crippen molar-refractivity contribution in [2.24, 2.45) is 0 Å². The Morgan fingerprint density at radius 2 is 1.85 bits per heavy atom. The molecule has 16 heteroatoms. The number of benzene rings is 3. The lowest BCUT2D eigenvalue weighted by molar-refractivity contribution is -0.274. The average Bonchev–Trinajstić information content (AvgIpc) is 3.34. The van der Waals surface area contributed by atoms with Crippen LogP contribution in [-0.4, -0.2) is 44.2 Å². The smallest absolute Gasteiger partial charge is 0.465 e. The Kier molecular flexibility index (Phi) is 8.57. The molecular weight excluding hydrogens is 701 g/mol. The number of alkyl halides is 3. The van der Waals surface area contributed by atoms with Crippen molar-refractivity contribution >= 4 is 71.8 Å². The lowest BCUT2D eigenvalue weighted by Crippen LogP contribution is -2.25. The molecule has 41 heavy (non-hydrogen) atoms. The Morgan fingerprint density at radius 1 is 1.17 bits per heavy atom. The third-order valence-corrected chi connectivity index (χ3v) is 6.96. The van der Waals surface area contributed by atoms with Crippen LogP contribution in [0.2, 0.25) is 5.02 Å². The predicted molar refractivity (Wildman–Crippen MR) is 151 cm³/mol. The van der Waals surface area contributed by atoms with Crippen molar-refractivity contribution in [1.29, 1.82) is 5.26 Å². The predicted octanol–water partition coefficient (Wildman–Crippen LogP) is 6.99. The molecule has 0 aliphatic rings. The molecule has 0 bridgehead atoms. The molecule has 0 spiro atoms. The quantitative estimate of drug-likeness (QED) is 0.206. The molecule has 0 unspecified atom stereocenters. The molecule has 2 heterocycles. The first-order valence-corrected chi connectivity index (χ1v) is 13.1. The third kappa shape index (κ3) is 6.45. The summed E-state index contributed by atoms with van der Waals surface area (Å²) in [5.74, 6) is -0.670. The molecule has 0 radical (unpaired) electrons. The molecule has 0 saturated carbocycles. The number of carboxylic acid groups (broad SMARTS) is 1. The standard InChI is InChI=1S/C16H7BrClF3N4O2.C9H7BrN2O2/c17-10-3-1-2-9-12(10)22-15(26)25-14(9)23-13(24-25)8-5-4-7(18)6-11(8)27-16(19,20)21;1-12(9(13)14)8-6(5-11)3-2-4-7(8)10/h1-6H,(H,22,26);2-4H,1H3,(H,13,14). The zero-order chi connectivity index (χ0) is 30.1. The van der Waals surface area contributed by atoms with Gasteiger partial charge in [-0.25, -0.2) is 14.6 Å². The average molecular weight is 715 g/mol. The number of aromatic nitrogens is 4. The van der Waals surface area contributed by atoms with Crippen LogP contribution < -0.4 is 15.3 Å². The first-order valence-electron chi connectivity index (χ1n) is 11.1. The van der Waals surface area contributed by atoms with Crippen molar-refractivity contribution in [1.82, 2.24) is 19.6 Å².